The number of amides is 1. The van der Waals surface area contributed by atoms with E-state index >= 15 is 0 Å². The van der Waals surface area contributed by atoms with Gasteiger partial charge >= 0.3 is 0 Å². The van der Waals surface area contributed by atoms with Gasteiger partial charge in [0.15, 0.2) is 5.41 Å². The Morgan fingerprint density at radius 2 is 1.65 bits per heavy atom. The first-order valence-electron chi connectivity index (χ1n) is 11.8. The summed E-state index contributed by atoms with van der Waals surface area (Å²) >= 11 is 1.55. The molecule has 160 valence electrons. The molecule has 2 bridgehead atoms. The molecule has 0 N–H and O–H groups in total. The number of carbonyl (C=O) groups is 2. The van der Waals surface area contributed by atoms with Crippen LogP contribution in [0.5, 0.6) is 0 Å². The highest BCUT2D eigenvalue weighted by Gasteiger charge is 2.79. The van der Waals surface area contributed by atoms with Crippen LogP contribution in [0.25, 0.3) is 0 Å². The van der Waals surface area contributed by atoms with Gasteiger partial charge in [-0.3, -0.25) is 9.59 Å². The lowest BCUT2D eigenvalue weighted by molar-refractivity contribution is -0.180. The van der Waals surface area contributed by atoms with Crippen molar-refractivity contribution >= 4 is 22.8 Å². The van der Waals surface area contributed by atoms with Crippen molar-refractivity contribution in [1.82, 2.24) is 4.90 Å². The molecule has 2 aromatic rings. The molecule has 5 atom stereocenters. The Hall–Kier alpha value is -2.07. The first kappa shape index (κ1) is 19.6. The van der Waals surface area contributed by atoms with Gasteiger partial charge in [0.25, 0.3) is 0 Å². The topological polar surface area (TPSA) is 37.4 Å². The van der Waals surface area contributed by atoms with Crippen LogP contribution in [-0.2, 0) is 15.0 Å². The van der Waals surface area contributed by atoms with Crippen molar-refractivity contribution in [1.29, 1.82) is 0 Å². The van der Waals surface area contributed by atoms with Crippen molar-refractivity contribution in [2.75, 3.05) is 6.54 Å². The number of carbonyl (C=O) groups excluding carboxylic acids is 2. The molecule has 4 aliphatic heterocycles. The third-order valence-corrected chi connectivity index (χ3v) is 10.7. The molecule has 1 unspecified atom stereocenters. The van der Waals surface area contributed by atoms with Crippen molar-refractivity contribution in [2.45, 2.75) is 61.7 Å². The molecule has 5 aliphatic rings. The zero-order valence-corrected chi connectivity index (χ0v) is 18.9. The van der Waals surface area contributed by atoms with E-state index in [-0.39, 0.29) is 27.2 Å². The maximum Gasteiger partial charge on any atom is 0.243 e. The Kier molecular flexibility index (Phi) is 4.25. The molecule has 2 aromatic carbocycles. The Morgan fingerprint density at radius 1 is 0.968 bits per heavy atom. The first-order chi connectivity index (χ1) is 15.1. The molecule has 1 aliphatic carbocycles. The summed E-state index contributed by atoms with van der Waals surface area (Å²) in [5.41, 5.74) is 0.946. The summed E-state index contributed by atoms with van der Waals surface area (Å²) in [4.78, 5) is 30.6. The molecule has 1 amide bonds. The number of rotatable bonds is 3. The summed E-state index contributed by atoms with van der Waals surface area (Å²) in [7, 11) is 0. The maximum absolute atomic E-state index is 14.5. The van der Waals surface area contributed by atoms with Gasteiger partial charge in [-0.2, -0.15) is 0 Å². The lowest BCUT2D eigenvalue weighted by atomic mass is 9.48. The molecule has 0 radical (unpaired) electrons. The van der Waals surface area contributed by atoms with Crippen LogP contribution < -0.4 is 0 Å². The molecule has 4 saturated heterocycles. The highest BCUT2D eigenvalue weighted by Crippen LogP contribution is 2.74. The van der Waals surface area contributed by atoms with Crippen molar-refractivity contribution in [3.05, 3.63) is 71.8 Å². The van der Waals surface area contributed by atoms with Gasteiger partial charge < -0.3 is 4.90 Å². The van der Waals surface area contributed by atoms with E-state index in [0.717, 1.165) is 49.8 Å². The number of nitrogens with zero attached hydrogens (tertiary/aromatic N) is 1. The largest absolute Gasteiger partial charge is 0.325 e. The number of hydrogen-bond donors (Lipinski definition) is 0. The van der Waals surface area contributed by atoms with Gasteiger partial charge in [0.05, 0.1) is 0 Å². The lowest BCUT2D eigenvalue weighted by Crippen LogP contribution is -2.81. The van der Waals surface area contributed by atoms with Crippen molar-refractivity contribution in [2.24, 2.45) is 11.3 Å². The number of benzene rings is 2. The van der Waals surface area contributed by atoms with E-state index in [2.05, 4.69) is 36.1 Å². The zero-order chi connectivity index (χ0) is 21.3. The Bertz CT molecular complexity index is 1040. The van der Waals surface area contributed by atoms with Crippen LogP contribution in [0.4, 0.5) is 0 Å². The molecule has 5 fully saturated rings. The molecule has 31 heavy (non-hydrogen) atoms. The smallest absolute Gasteiger partial charge is 0.243 e. The second-order valence-corrected chi connectivity index (χ2v) is 11.0. The van der Waals surface area contributed by atoms with Crippen LogP contribution >= 0.6 is 11.8 Å². The summed E-state index contributed by atoms with van der Waals surface area (Å²) in [6, 6.07) is 20.4. The Balaban J connectivity index is 1.68. The van der Waals surface area contributed by atoms with E-state index < -0.39 is 5.41 Å². The number of hydrogen-bond acceptors (Lipinski definition) is 3. The normalized spacial score (nSPS) is 38.8. The fourth-order valence-electron chi connectivity index (χ4n) is 7.80. The van der Waals surface area contributed by atoms with Gasteiger partial charge in [-0.25, -0.2) is 0 Å². The van der Waals surface area contributed by atoms with Crippen LogP contribution in [0.2, 0.25) is 0 Å². The minimum Gasteiger partial charge on any atom is -0.325 e. The van der Waals surface area contributed by atoms with Crippen LogP contribution in [0.1, 0.15) is 62.5 Å². The third kappa shape index (κ3) is 2.17. The second-order valence-electron chi connectivity index (χ2n) is 9.84. The molecule has 7 rings (SSSR count). The monoisotopic (exact) mass is 431 g/mol. The lowest BCUT2D eigenvalue weighted by Gasteiger charge is -2.73. The van der Waals surface area contributed by atoms with Crippen LogP contribution in [-0.4, -0.2) is 27.3 Å². The van der Waals surface area contributed by atoms with E-state index in [0.29, 0.717) is 5.92 Å². The van der Waals surface area contributed by atoms with Crippen LogP contribution in [0.3, 0.4) is 0 Å². The zero-order valence-electron chi connectivity index (χ0n) is 18.0. The molecule has 4 heteroatoms. The van der Waals surface area contributed by atoms with E-state index in [1.807, 2.05) is 36.4 Å². The van der Waals surface area contributed by atoms with E-state index in [9.17, 15) is 9.59 Å². The van der Waals surface area contributed by atoms with Crippen LogP contribution in [0, 0.1) is 11.3 Å². The van der Waals surface area contributed by atoms with Gasteiger partial charge in [0, 0.05) is 23.8 Å². The minimum absolute atomic E-state index is 0.0421. The quantitative estimate of drug-likeness (QED) is 0.601. The average molecular weight is 432 g/mol. The van der Waals surface area contributed by atoms with E-state index in [4.69, 9.17) is 0 Å². The number of thioether (sulfide) groups is 1. The maximum atomic E-state index is 14.5. The average Bonchev–Trinajstić information content (AvgIpc) is 2.82. The van der Waals surface area contributed by atoms with Gasteiger partial charge in [-0.1, -0.05) is 85.8 Å². The summed E-state index contributed by atoms with van der Waals surface area (Å²) < 4.78 is 0. The van der Waals surface area contributed by atoms with Crippen molar-refractivity contribution < 1.29 is 9.59 Å². The molecule has 0 aromatic heterocycles. The molecule has 4 heterocycles. The summed E-state index contributed by atoms with van der Waals surface area (Å²) in [5.74, 6) is 0.259. The Morgan fingerprint density at radius 3 is 2.35 bits per heavy atom. The highest BCUT2D eigenvalue weighted by atomic mass is 32.2. The molecule has 1 saturated carbocycles. The molecule has 1 spiro atoms. The number of piperidine rings is 2. The summed E-state index contributed by atoms with van der Waals surface area (Å²) in [6.45, 7) is 3.06. The molecule has 3 nitrogen and oxygen atoms in total. The second kappa shape index (κ2) is 6.71. The van der Waals surface area contributed by atoms with Gasteiger partial charge in [-0.15, -0.1) is 0 Å². The Labute approximate surface area is 188 Å². The molecular formula is C27H29NO2S. The fraction of sp³-hybridized carbons (Fsp3) is 0.481. The fourth-order valence-corrected chi connectivity index (χ4v) is 9.83. The summed E-state index contributed by atoms with van der Waals surface area (Å²) in [6.07, 6.45) is 6.61. The molecular weight excluding hydrogens is 402 g/mol. The summed E-state index contributed by atoms with van der Waals surface area (Å²) in [5, 5.41) is 0.0756. The van der Waals surface area contributed by atoms with Crippen molar-refractivity contribution in [3.8, 4) is 0 Å². The predicted octanol–water partition coefficient (Wildman–Crippen LogP) is 5.51. The standard InChI is InChI=1S/C27H29NO2S/c1-2-25-16-9-15-21-22(19-11-5-3-6-12-19)26(20-13-7-4-8-14-20)23(29)28(18-10-17-25)27(21,25)31-24(26)30/h3-8,11-14,21-22H,2,9-10,15-18H2,1H3/t21?,22-,25+,26-,27-/m1/s1. The SMILES string of the molecule is CC[C@@]12CCCC3[C@@H](c4ccccc4)[C@@]4(c5ccccc5)C(=O)S[C@]31N(CCC2)C4=O. The number of fused-ring (bicyclic) bond motifs is 1. The predicted molar refractivity (Wildman–Crippen MR) is 124 cm³/mol. The third-order valence-electron chi connectivity index (χ3n) is 8.96. The van der Waals surface area contributed by atoms with Gasteiger partial charge in [0.2, 0.25) is 11.0 Å². The first-order valence-corrected chi connectivity index (χ1v) is 12.6. The van der Waals surface area contributed by atoms with Crippen molar-refractivity contribution in [3.63, 3.8) is 0 Å². The highest BCUT2D eigenvalue weighted by molar-refractivity contribution is 8.15. The van der Waals surface area contributed by atoms with Crippen LogP contribution in [0.15, 0.2) is 60.7 Å². The van der Waals surface area contributed by atoms with Gasteiger partial charge in [0.1, 0.15) is 4.87 Å². The minimum atomic E-state index is -1.12. The van der Waals surface area contributed by atoms with E-state index in [1.54, 1.807) is 11.8 Å². The van der Waals surface area contributed by atoms with Gasteiger partial charge in [-0.05, 0) is 43.2 Å². The van der Waals surface area contributed by atoms with E-state index in [1.165, 1.54) is 6.42 Å².